The minimum atomic E-state index is 0.535. The van der Waals surface area contributed by atoms with Crippen molar-refractivity contribution in [2.45, 2.75) is 13.8 Å². The predicted molar refractivity (Wildman–Crippen MR) is 202 cm³/mol. The Hall–Kier alpha value is -6.34. The van der Waals surface area contributed by atoms with E-state index in [2.05, 4.69) is 94.0 Å². The molecule has 13 heteroatoms. The molecule has 6 N–H and O–H groups in total. The van der Waals surface area contributed by atoms with E-state index >= 15 is 0 Å². The van der Waals surface area contributed by atoms with Gasteiger partial charge in [-0.25, -0.2) is 19.9 Å². The molecule has 7 rings (SSSR count). The van der Waals surface area contributed by atoms with Gasteiger partial charge in [0.25, 0.3) is 0 Å². The van der Waals surface area contributed by atoms with Crippen molar-refractivity contribution >= 4 is 59.1 Å². The number of rotatable bonds is 9. The summed E-state index contributed by atoms with van der Waals surface area (Å²) in [6, 6.07) is 23.9. The number of nitrogens with two attached hydrogens (primary N) is 1. The summed E-state index contributed by atoms with van der Waals surface area (Å²) in [4.78, 5) is 22.6. The monoisotopic (exact) mass is 667 g/mol. The maximum absolute atomic E-state index is 6.49. The zero-order chi connectivity index (χ0) is 34.7. The molecule has 0 amide bonds. The number of hydrogen-bond acceptors (Lipinski definition) is 11. The van der Waals surface area contributed by atoms with Gasteiger partial charge in [0.15, 0.2) is 29.1 Å². The molecule has 1 aliphatic heterocycles. The molecule has 6 aromatic rings. The lowest BCUT2D eigenvalue weighted by Gasteiger charge is -2.34. The Morgan fingerprint density at radius 1 is 0.720 bits per heavy atom. The molecule has 254 valence electrons. The van der Waals surface area contributed by atoms with Crippen LogP contribution in [0.1, 0.15) is 34.0 Å². The first kappa shape index (κ1) is 33.6. The van der Waals surface area contributed by atoms with Gasteiger partial charge >= 0.3 is 0 Å². The number of aryl methyl sites for hydroxylation is 2. The largest absolute Gasteiger partial charge is 0.393 e. The number of nitrogens with zero attached hydrogens (tertiary/aromatic N) is 8. The number of aromatic nitrogens is 8. The summed E-state index contributed by atoms with van der Waals surface area (Å²) in [5.74, 6) is 4.77. The lowest BCUT2D eigenvalue weighted by atomic mass is 10.1. The summed E-state index contributed by atoms with van der Waals surface area (Å²) < 4.78 is 0. The van der Waals surface area contributed by atoms with E-state index in [1.165, 1.54) is 5.56 Å². The minimum Gasteiger partial charge on any atom is -0.393 e. The van der Waals surface area contributed by atoms with Crippen molar-refractivity contribution in [3.05, 3.63) is 119 Å². The Morgan fingerprint density at radius 3 is 2.16 bits per heavy atom. The Balaban J connectivity index is 0.000000187. The molecule has 5 heterocycles. The second kappa shape index (κ2) is 16.2. The van der Waals surface area contributed by atoms with E-state index in [1.807, 2.05) is 73.7 Å². The van der Waals surface area contributed by atoms with Gasteiger partial charge in [-0.15, -0.1) is 0 Å². The van der Waals surface area contributed by atoms with Crippen LogP contribution in [0.5, 0.6) is 0 Å². The van der Waals surface area contributed by atoms with Gasteiger partial charge in [0.1, 0.15) is 17.3 Å². The molecule has 1 saturated heterocycles. The minimum absolute atomic E-state index is 0.535. The molecular formula is C37H41N13. The van der Waals surface area contributed by atoms with Crippen molar-refractivity contribution in [1.82, 2.24) is 45.2 Å². The van der Waals surface area contributed by atoms with Gasteiger partial charge in [-0.3, -0.25) is 10.2 Å². The Labute approximate surface area is 291 Å². The van der Waals surface area contributed by atoms with Crippen LogP contribution in [-0.2, 0) is 0 Å². The topological polar surface area (TPSA) is 165 Å². The van der Waals surface area contributed by atoms with Gasteiger partial charge in [0, 0.05) is 50.2 Å². The van der Waals surface area contributed by atoms with E-state index in [4.69, 9.17) is 10.7 Å². The highest BCUT2D eigenvalue weighted by molar-refractivity contribution is 5.80. The van der Waals surface area contributed by atoms with Crippen molar-refractivity contribution in [3.8, 4) is 0 Å². The average molecular weight is 668 g/mol. The van der Waals surface area contributed by atoms with Crippen LogP contribution >= 0.6 is 0 Å². The quantitative estimate of drug-likeness (QED) is 0.120. The normalized spacial score (nSPS) is 13.4. The number of aromatic amines is 2. The smallest absolute Gasteiger partial charge is 0.161 e. The molecule has 0 saturated carbocycles. The third-order valence-electron chi connectivity index (χ3n) is 7.86. The molecule has 0 spiro atoms. The molecule has 50 heavy (non-hydrogen) atoms. The van der Waals surface area contributed by atoms with Crippen LogP contribution in [-0.4, -0.2) is 78.5 Å². The number of nitrogen functional groups attached to an aromatic ring is 1. The maximum Gasteiger partial charge on any atom is 0.161 e. The first-order chi connectivity index (χ1) is 24.4. The van der Waals surface area contributed by atoms with Crippen molar-refractivity contribution in [2.24, 2.45) is 0 Å². The highest BCUT2D eigenvalue weighted by Gasteiger charge is 2.21. The zero-order valence-corrected chi connectivity index (χ0v) is 28.4. The predicted octanol–water partition coefficient (Wildman–Crippen LogP) is 6.18. The van der Waals surface area contributed by atoms with Gasteiger partial charge in [-0.2, -0.15) is 10.2 Å². The number of anilines is 6. The Morgan fingerprint density at radius 2 is 1.46 bits per heavy atom. The van der Waals surface area contributed by atoms with Gasteiger partial charge in [-0.05, 0) is 50.2 Å². The first-order valence-electron chi connectivity index (χ1n) is 16.4. The van der Waals surface area contributed by atoms with E-state index in [1.54, 1.807) is 18.5 Å². The summed E-state index contributed by atoms with van der Waals surface area (Å²) in [7, 11) is 2.13. The fourth-order valence-electron chi connectivity index (χ4n) is 5.08. The van der Waals surface area contributed by atoms with Crippen molar-refractivity contribution < 1.29 is 0 Å². The second-order valence-electron chi connectivity index (χ2n) is 11.9. The van der Waals surface area contributed by atoms with Crippen LogP contribution in [0, 0.1) is 13.8 Å². The third-order valence-corrected chi connectivity index (χ3v) is 7.86. The number of hydrogen-bond donors (Lipinski definition) is 5. The van der Waals surface area contributed by atoms with Crippen molar-refractivity contribution in [1.29, 1.82) is 0 Å². The maximum atomic E-state index is 6.49. The van der Waals surface area contributed by atoms with E-state index in [0.29, 0.717) is 29.0 Å². The first-order valence-corrected chi connectivity index (χ1v) is 16.4. The van der Waals surface area contributed by atoms with Crippen LogP contribution in [0.25, 0.3) is 24.3 Å². The van der Waals surface area contributed by atoms with Gasteiger partial charge in [-0.1, -0.05) is 72.3 Å². The highest BCUT2D eigenvalue weighted by atomic mass is 15.3. The molecule has 1 aliphatic rings. The van der Waals surface area contributed by atoms with Crippen LogP contribution in [0.4, 0.5) is 34.8 Å². The third kappa shape index (κ3) is 9.39. The number of H-pyrrole nitrogens is 2. The highest BCUT2D eigenvalue weighted by Crippen LogP contribution is 2.30. The molecule has 0 bridgehead atoms. The molecule has 0 aliphatic carbocycles. The molecule has 13 nitrogen and oxygen atoms in total. The lowest BCUT2D eigenvalue weighted by Crippen LogP contribution is -2.45. The standard InChI is InChI=1S/C22H28N8.C15H13N5/c1-15-4-6-17(7-5-15)8-9-18-24-21(25-19-14-16(2)27-28-19)20(23)22(26-18)30-12-10-29(3)11-13-30;1-2-4-12(5-3-1)6-7-13-16-10-8-14(18-13)19-15-9-11-17-20-15/h4-9,14H,10-13,23H2,1-3H3,(H2,24,25,26,27,28);1-11H,(H2,16,17,18,19,20)/b9-8+;7-6+. The number of piperazine rings is 1. The van der Waals surface area contributed by atoms with Crippen LogP contribution in [0.15, 0.2) is 85.2 Å². The molecule has 4 aromatic heterocycles. The average Bonchev–Trinajstić information content (AvgIpc) is 3.81. The van der Waals surface area contributed by atoms with Crippen molar-refractivity contribution in [3.63, 3.8) is 0 Å². The Bertz CT molecular complexity index is 2010. The summed E-state index contributed by atoms with van der Waals surface area (Å²) in [6.45, 7) is 7.72. The SMILES string of the molecule is C(=C\c1nccc(Nc2ccn[nH]2)n1)/c1ccccc1.Cc1ccc(/C=C/c2nc(Nc3cc(C)[nH]n3)c(N)c(N3CCN(C)CC3)n2)cc1. The van der Waals surface area contributed by atoms with Gasteiger partial charge < -0.3 is 26.2 Å². The molecule has 0 atom stereocenters. The molecule has 1 fully saturated rings. The number of likely N-dealkylation sites (N-methyl/N-ethyl adjacent to an activating group) is 1. The van der Waals surface area contributed by atoms with E-state index < -0.39 is 0 Å². The van der Waals surface area contributed by atoms with Crippen LogP contribution in [0.3, 0.4) is 0 Å². The summed E-state index contributed by atoms with van der Waals surface area (Å²) in [6.07, 6.45) is 11.2. The summed E-state index contributed by atoms with van der Waals surface area (Å²) in [5.41, 5.74) is 11.4. The Kier molecular flexibility index (Phi) is 10.9. The zero-order valence-electron chi connectivity index (χ0n) is 28.4. The molecular weight excluding hydrogens is 626 g/mol. The second-order valence-corrected chi connectivity index (χ2v) is 11.9. The molecule has 2 aromatic carbocycles. The number of benzene rings is 2. The van der Waals surface area contributed by atoms with Crippen LogP contribution < -0.4 is 21.3 Å². The number of nitrogens with one attached hydrogen (secondary N) is 4. The van der Waals surface area contributed by atoms with E-state index in [9.17, 15) is 0 Å². The van der Waals surface area contributed by atoms with Gasteiger partial charge in [0.2, 0.25) is 0 Å². The lowest BCUT2D eigenvalue weighted by molar-refractivity contribution is 0.312. The summed E-state index contributed by atoms with van der Waals surface area (Å²) >= 11 is 0. The fourth-order valence-corrected chi connectivity index (χ4v) is 5.08. The molecule has 0 radical (unpaired) electrons. The fraction of sp³-hybridized carbons (Fsp3) is 0.189. The van der Waals surface area contributed by atoms with Gasteiger partial charge in [0.05, 0.1) is 6.20 Å². The molecule has 0 unspecified atom stereocenters. The van der Waals surface area contributed by atoms with Crippen LogP contribution in [0.2, 0.25) is 0 Å². The van der Waals surface area contributed by atoms with Crippen molar-refractivity contribution in [2.75, 3.05) is 54.5 Å². The van der Waals surface area contributed by atoms with E-state index in [0.717, 1.165) is 60.5 Å². The van der Waals surface area contributed by atoms with E-state index in [-0.39, 0.29) is 0 Å². The summed E-state index contributed by atoms with van der Waals surface area (Å²) in [5, 5.41) is 20.2.